The van der Waals surface area contributed by atoms with E-state index in [2.05, 4.69) is 4.90 Å². The lowest BCUT2D eigenvalue weighted by atomic mass is 10.1. The zero-order chi connectivity index (χ0) is 41.2. The van der Waals surface area contributed by atoms with E-state index in [1.807, 2.05) is 91.0 Å². The lowest BCUT2D eigenvalue weighted by molar-refractivity contribution is 0.239. The Morgan fingerprint density at radius 2 is 0.586 bits per heavy atom. The van der Waals surface area contributed by atoms with E-state index in [1.54, 1.807) is 64.0 Å². The van der Waals surface area contributed by atoms with Crippen LogP contribution in [0, 0.1) is 0 Å². The molecule has 0 aliphatic heterocycles. The molecule has 6 aromatic rings. The number of nitrogens with zero attached hydrogens (tertiary/aromatic N) is 4. The summed E-state index contributed by atoms with van der Waals surface area (Å²) in [5.41, 5.74) is 7.24. The second kappa shape index (κ2) is 18.9. The summed E-state index contributed by atoms with van der Waals surface area (Å²) in [6, 6.07) is 29.2. The SMILES string of the molecule is COc1cc(-c2cccc(CN(Cc3cccc(-c4cc(OC)c(OC)c(OC)c4)n3)Cc3cccc(-c4cc(OC)c(OC)c(OC)c4)n3)n2)cc(OC)c1OC. The van der Waals surface area contributed by atoms with Crippen molar-refractivity contribution < 1.29 is 42.6 Å². The molecule has 0 fully saturated rings. The third kappa shape index (κ3) is 8.95. The molecule has 0 aliphatic carbocycles. The number of ether oxygens (including phenoxy) is 9. The van der Waals surface area contributed by atoms with Crippen LogP contribution in [0.15, 0.2) is 91.0 Å². The molecule has 0 amide bonds. The van der Waals surface area contributed by atoms with Crippen molar-refractivity contribution in [2.75, 3.05) is 64.0 Å². The van der Waals surface area contributed by atoms with E-state index in [9.17, 15) is 0 Å². The molecular formula is C45H48N4O9. The van der Waals surface area contributed by atoms with Gasteiger partial charge in [-0.15, -0.1) is 0 Å². The van der Waals surface area contributed by atoms with Gasteiger partial charge in [0, 0.05) is 36.3 Å². The van der Waals surface area contributed by atoms with Gasteiger partial charge in [0.05, 0.1) is 98.2 Å². The van der Waals surface area contributed by atoms with Crippen molar-refractivity contribution in [3.05, 3.63) is 108 Å². The minimum atomic E-state index is 0.477. The van der Waals surface area contributed by atoms with E-state index in [0.29, 0.717) is 71.4 Å². The van der Waals surface area contributed by atoms with Crippen LogP contribution >= 0.6 is 0 Å². The van der Waals surface area contributed by atoms with Crippen molar-refractivity contribution in [2.24, 2.45) is 0 Å². The Hall–Kier alpha value is -6.73. The van der Waals surface area contributed by atoms with Crippen molar-refractivity contribution in [1.29, 1.82) is 0 Å². The van der Waals surface area contributed by atoms with Gasteiger partial charge in [0.15, 0.2) is 34.5 Å². The first-order chi connectivity index (χ1) is 28.3. The molecule has 0 atom stereocenters. The summed E-state index contributed by atoms with van der Waals surface area (Å²) in [5, 5.41) is 0. The van der Waals surface area contributed by atoms with Gasteiger partial charge in [-0.2, -0.15) is 0 Å². The third-order valence-corrected chi connectivity index (χ3v) is 9.46. The fourth-order valence-corrected chi connectivity index (χ4v) is 6.73. The van der Waals surface area contributed by atoms with Crippen molar-refractivity contribution in [3.63, 3.8) is 0 Å². The second-order valence-corrected chi connectivity index (χ2v) is 12.9. The van der Waals surface area contributed by atoms with E-state index in [4.69, 9.17) is 57.6 Å². The number of hydrogen-bond donors (Lipinski definition) is 0. The highest BCUT2D eigenvalue weighted by Crippen LogP contribution is 2.43. The molecule has 3 heterocycles. The molecule has 0 bridgehead atoms. The van der Waals surface area contributed by atoms with Crippen molar-refractivity contribution in [3.8, 4) is 85.5 Å². The zero-order valence-corrected chi connectivity index (χ0v) is 34.2. The Kier molecular flexibility index (Phi) is 13.4. The zero-order valence-electron chi connectivity index (χ0n) is 34.2. The predicted octanol–water partition coefficient (Wildman–Crippen LogP) is 8.15. The monoisotopic (exact) mass is 788 g/mol. The maximum absolute atomic E-state index is 5.63. The van der Waals surface area contributed by atoms with Crippen molar-refractivity contribution in [1.82, 2.24) is 19.9 Å². The van der Waals surface area contributed by atoms with Crippen LogP contribution in [-0.4, -0.2) is 83.8 Å². The number of hydrogen-bond acceptors (Lipinski definition) is 13. The number of pyridine rings is 3. The molecule has 0 saturated heterocycles. The van der Waals surface area contributed by atoms with Crippen LogP contribution in [0.5, 0.6) is 51.7 Å². The van der Waals surface area contributed by atoms with Gasteiger partial charge in [0.2, 0.25) is 17.2 Å². The Bertz CT molecular complexity index is 2020. The molecule has 0 radical (unpaired) electrons. The first-order valence-corrected chi connectivity index (χ1v) is 18.3. The van der Waals surface area contributed by atoms with Gasteiger partial charge in [0.25, 0.3) is 0 Å². The fraction of sp³-hybridized carbons (Fsp3) is 0.267. The molecule has 3 aromatic heterocycles. The first-order valence-electron chi connectivity index (χ1n) is 18.3. The third-order valence-electron chi connectivity index (χ3n) is 9.46. The Morgan fingerprint density at radius 1 is 0.345 bits per heavy atom. The minimum Gasteiger partial charge on any atom is -0.493 e. The van der Waals surface area contributed by atoms with Gasteiger partial charge in [0.1, 0.15) is 0 Å². The van der Waals surface area contributed by atoms with Crippen LogP contribution in [-0.2, 0) is 19.6 Å². The average molecular weight is 789 g/mol. The highest BCUT2D eigenvalue weighted by Gasteiger charge is 2.20. The van der Waals surface area contributed by atoms with Crippen molar-refractivity contribution >= 4 is 0 Å². The summed E-state index contributed by atoms with van der Waals surface area (Å²) < 4.78 is 50.4. The maximum atomic E-state index is 5.63. The summed E-state index contributed by atoms with van der Waals surface area (Å²) in [4.78, 5) is 17.5. The van der Waals surface area contributed by atoms with Gasteiger partial charge in [-0.25, -0.2) is 0 Å². The molecule has 13 heteroatoms. The summed E-state index contributed by atoms with van der Waals surface area (Å²) in [5.74, 6) is 4.80. The smallest absolute Gasteiger partial charge is 0.203 e. The van der Waals surface area contributed by atoms with Crippen LogP contribution in [0.2, 0.25) is 0 Å². The van der Waals surface area contributed by atoms with Crippen LogP contribution in [0.25, 0.3) is 33.8 Å². The van der Waals surface area contributed by atoms with Gasteiger partial charge in [-0.05, 0) is 72.8 Å². The van der Waals surface area contributed by atoms with Crippen LogP contribution in [0.4, 0.5) is 0 Å². The average Bonchev–Trinajstić information content (AvgIpc) is 3.27. The van der Waals surface area contributed by atoms with E-state index in [0.717, 1.165) is 50.9 Å². The summed E-state index contributed by atoms with van der Waals surface area (Å²) >= 11 is 0. The van der Waals surface area contributed by atoms with E-state index < -0.39 is 0 Å². The lowest BCUT2D eigenvalue weighted by Gasteiger charge is -2.22. The number of benzene rings is 3. The van der Waals surface area contributed by atoms with Crippen molar-refractivity contribution in [2.45, 2.75) is 19.6 Å². The Morgan fingerprint density at radius 3 is 0.793 bits per heavy atom. The van der Waals surface area contributed by atoms with Gasteiger partial charge in [-0.3, -0.25) is 19.9 Å². The predicted molar refractivity (Wildman–Crippen MR) is 221 cm³/mol. The molecule has 13 nitrogen and oxygen atoms in total. The number of methoxy groups -OCH3 is 9. The first kappa shape index (κ1) is 40.9. The highest BCUT2D eigenvalue weighted by molar-refractivity contribution is 5.71. The van der Waals surface area contributed by atoms with E-state index in [1.165, 1.54) is 0 Å². The summed E-state index contributed by atoms with van der Waals surface area (Å²) in [6.07, 6.45) is 0. The number of aromatic nitrogens is 3. The van der Waals surface area contributed by atoms with E-state index >= 15 is 0 Å². The molecule has 6 rings (SSSR count). The maximum Gasteiger partial charge on any atom is 0.203 e. The molecule has 0 N–H and O–H groups in total. The molecular weight excluding hydrogens is 741 g/mol. The normalized spacial score (nSPS) is 10.9. The quantitative estimate of drug-likeness (QED) is 0.0833. The lowest BCUT2D eigenvalue weighted by Crippen LogP contribution is -2.24. The summed E-state index contributed by atoms with van der Waals surface area (Å²) in [6.45, 7) is 1.43. The number of rotatable bonds is 18. The van der Waals surface area contributed by atoms with Crippen LogP contribution in [0.1, 0.15) is 17.1 Å². The Labute approximate surface area is 339 Å². The molecule has 58 heavy (non-hydrogen) atoms. The molecule has 302 valence electrons. The molecule has 0 saturated carbocycles. The molecule has 3 aromatic carbocycles. The molecule has 0 unspecified atom stereocenters. The van der Waals surface area contributed by atoms with Crippen LogP contribution < -0.4 is 42.6 Å². The van der Waals surface area contributed by atoms with Gasteiger partial charge >= 0.3 is 0 Å². The molecule has 0 spiro atoms. The Balaban J connectivity index is 1.37. The standard InChI is InChI=1S/C45H48N4O9/c1-50-37-19-28(20-38(51-2)43(37)56-7)34-16-10-13-31(46-34)25-49(26-32-14-11-17-35(47-32)29-21-39(52-3)44(57-8)40(22-29)53-4)27-33-15-12-18-36(48-33)30-23-41(54-5)45(58-9)42(24-30)55-6/h10-24H,25-27H2,1-9H3. The highest BCUT2D eigenvalue weighted by atomic mass is 16.5. The van der Waals surface area contributed by atoms with Crippen LogP contribution in [0.3, 0.4) is 0 Å². The van der Waals surface area contributed by atoms with Gasteiger partial charge < -0.3 is 42.6 Å². The minimum absolute atomic E-state index is 0.477. The largest absolute Gasteiger partial charge is 0.493 e. The second-order valence-electron chi connectivity index (χ2n) is 12.9. The van der Waals surface area contributed by atoms with Gasteiger partial charge in [-0.1, -0.05) is 18.2 Å². The summed E-state index contributed by atoms with van der Waals surface area (Å²) in [7, 11) is 14.3. The molecule has 0 aliphatic rings. The topological polar surface area (TPSA) is 125 Å². The van der Waals surface area contributed by atoms with E-state index in [-0.39, 0.29) is 0 Å². The fourth-order valence-electron chi connectivity index (χ4n) is 6.73.